The van der Waals surface area contributed by atoms with Gasteiger partial charge in [-0.05, 0) is 6.42 Å². The van der Waals surface area contributed by atoms with E-state index in [1.54, 1.807) is 4.90 Å². The molecule has 3 N–H and O–H groups in total. The molecule has 9 heteroatoms. The summed E-state index contributed by atoms with van der Waals surface area (Å²) in [6.45, 7) is 2.11. The second kappa shape index (κ2) is 5.57. The second-order valence-electron chi connectivity index (χ2n) is 4.03. The fourth-order valence-corrected chi connectivity index (χ4v) is 1.78. The van der Waals surface area contributed by atoms with Crippen molar-refractivity contribution < 1.29 is 17.9 Å². The zero-order chi connectivity index (χ0) is 13.9. The van der Waals surface area contributed by atoms with E-state index in [0.29, 0.717) is 26.3 Å². The highest BCUT2D eigenvalue weighted by Gasteiger charge is 2.34. The Morgan fingerprint density at radius 2 is 2.05 bits per heavy atom. The minimum absolute atomic E-state index is 0.195. The first-order valence-electron chi connectivity index (χ1n) is 5.76. The summed E-state index contributed by atoms with van der Waals surface area (Å²) in [5.41, 5.74) is 1.04. The highest BCUT2D eigenvalue weighted by Crippen LogP contribution is 2.30. The zero-order valence-corrected chi connectivity index (χ0v) is 10.1. The molecule has 1 saturated heterocycles. The molecular formula is C10H14F3N5O. The maximum absolute atomic E-state index is 12.7. The molecule has 1 aliphatic heterocycles. The molecule has 0 bridgehead atoms. The van der Waals surface area contributed by atoms with E-state index in [2.05, 4.69) is 15.4 Å². The van der Waals surface area contributed by atoms with Crippen molar-refractivity contribution in [2.75, 3.05) is 36.6 Å². The Kier molecular flexibility index (Phi) is 4.05. The van der Waals surface area contributed by atoms with Crippen molar-refractivity contribution in [3.8, 4) is 0 Å². The van der Waals surface area contributed by atoms with Gasteiger partial charge >= 0.3 is 6.18 Å². The number of nitrogens with zero attached hydrogens (tertiary/aromatic N) is 3. The molecule has 2 heterocycles. The number of nitrogens with one attached hydrogen (secondary N) is 1. The van der Waals surface area contributed by atoms with Gasteiger partial charge in [-0.1, -0.05) is 0 Å². The van der Waals surface area contributed by atoms with Crippen LogP contribution in [0, 0.1) is 0 Å². The molecule has 19 heavy (non-hydrogen) atoms. The predicted molar refractivity (Wildman–Crippen MR) is 62.5 cm³/mol. The molecule has 0 atom stereocenters. The van der Waals surface area contributed by atoms with Gasteiger partial charge in [-0.15, -0.1) is 0 Å². The molecule has 0 spiro atoms. The van der Waals surface area contributed by atoms with E-state index in [9.17, 15) is 13.2 Å². The molecule has 0 aliphatic carbocycles. The van der Waals surface area contributed by atoms with Gasteiger partial charge in [-0.3, -0.25) is 5.43 Å². The number of hydrogen-bond acceptors (Lipinski definition) is 6. The third-order valence-corrected chi connectivity index (χ3v) is 2.68. The van der Waals surface area contributed by atoms with E-state index in [4.69, 9.17) is 10.6 Å². The minimum Gasteiger partial charge on any atom is -0.380 e. The van der Waals surface area contributed by atoms with Crippen molar-refractivity contribution >= 4 is 11.8 Å². The molecule has 0 saturated carbocycles. The summed E-state index contributed by atoms with van der Waals surface area (Å²) in [7, 11) is 0. The number of hydrazine groups is 1. The summed E-state index contributed by atoms with van der Waals surface area (Å²) in [6.07, 6.45) is -3.80. The minimum atomic E-state index is -4.54. The van der Waals surface area contributed by atoms with Crippen LogP contribution in [0.1, 0.15) is 12.1 Å². The maximum atomic E-state index is 12.7. The van der Waals surface area contributed by atoms with Gasteiger partial charge < -0.3 is 9.64 Å². The first-order chi connectivity index (χ1) is 9.00. The van der Waals surface area contributed by atoms with Gasteiger partial charge in [0.25, 0.3) is 0 Å². The number of nitrogens with two attached hydrogens (primary N) is 1. The van der Waals surface area contributed by atoms with E-state index >= 15 is 0 Å². The number of nitrogen functional groups attached to an aromatic ring is 1. The van der Waals surface area contributed by atoms with Gasteiger partial charge in [0.05, 0.1) is 6.61 Å². The molecule has 2 rings (SSSR count). The third kappa shape index (κ3) is 3.44. The average Bonchev–Trinajstić information content (AvgIpc) is 2.66. The van der Waals surface area contributed by atoms with Crippen molar-refractivity contribution in [1.29, 1.82) is 0 Å². The summed E-state index contributed by atoms with van der Waals surface area (Å²) in [6, 6.07) is 0.923. The van der Waals surface area contributed by atoms with Gasteiger partial charge in [0.1, 0.15) is 5.82 Å². The van der Waals surface area contributed by atoms with Gasteiger partial charge in [0, 0.05) is 25.8 Å². The lowest BCUT2D eigenvalue weighted by Gasteiger charge is -2.22. The zero-order valence-electron chi connectivity index (χ0n) is 10.1. The van der Waals surface area contributed by atoms with Crippen LogP contribution in [0.5, 0.6) is 0 Å². The predicted octanol–water partition coefficient (Wildman–Crippen LogP) is 1.01. The standard InChI is InChI=1S/C10H14F3N5O/c11-10(12,13)7-6-8(16-9(15-7)17-14)18-2-1-4-19-5-3-18/h6H,1-5,14H2,(H,15,16,17). The molecule has 1 aromatic rings. The van der Waals surface area contributed by atoms with Crippen LogP contribution < -0.4 is 16.2 Å². The normalized spacial score (nSPS) is 17.2. The Morgan fingerprint density at radius 3 is 2.74 bits per heavy atom. The number of rotatable bonds is 2. The number of hydrogen-bond donors (Lipinski definition) is 2. The van der Waals surface area contributed by atoms with Gasteiger partial charge in [-0.2, -0.15) is 18.2 Å². The van der Waals surface area contributed by atoms with Crippen LogP contribution in [0.2, 0.25) is 0 Å². The Balaban J connectivity index is 2.33. The van der Waals surface area contributed by atoms with Gasteiger partial charge in [-0.25, -0.2) is 10.8 Å². The maximum Gasteiger partial charge on any atom is 0.433 e. The van der Waals surface area contributed by atoms with Crippen LogP contribution in [0.15, 0.2) is 6.07 Å². The number of alkyl halides is 3. The molecule has 0 radical (unpaired) electrons. The summed E-state index contributed by atoms with van der Waals surface area (Å²) >= 11 is 0. The summed E-state index contributed by atoms with van der Waals surface area (Å²) in [5.74, 6) is 5.05. The molecule has 0 aromatic carbocycles. The first kappa shape index (κ1) is 13.8. The van der Waals surface area contributed by atoms with Crippen LogP contribution in [-0.2, 0) is 10.9 Å². The highest BCUT2D eigenvalue weighted by atomic mass is 19.4. The van der Waals surface area contributed by atoms with Gasteiger partial charge in [0.15, 0.2) is 5.69 Å². The fraction of sp³-hybridized carbons (Fsp3) is 0.600. The third-order valence-electron chi connectivity index (χ3n) is 2.68. The topological polar surface area (TPSA) is 76.3 Å². The Bertz CT molecular complexity index is 432. The molecule has 1 aromatic heterocycles. The summed E-state index contributed by atoms with van der Waals surface area (Å²) in [5, 5.41) is 0. The van der Waals surface area contributed by atoms with Crippen LogP contribution in [0.3, 0.4) is 0 Å². The molecule has 0 amide bonds. The molecular weight excluding hydrogens is 263 g/mol. The van der Waals surface area contributed by atoms with Crippen LogP contribution in [0.25, 0.3) is 0 Å². The number of halogens is 3. The van der Waals surface area contributed by atoms with E-state index in [-0.39, 0.29) is 11.8 Å². The van der Waals surface area contributed by atoms with Crippen molar-refractivity contribution in [2.45, 2.75) is 12.6 Å². The van der Waals surface area contributed by atoms with Crippen LogP contribution in [-0.4, -0.2) is 36.3 Å². The summed E-state index contributed by atoms with van der Waals surface area (Å²) < 4.78 is 43.4. The van der Waals surface area contributed by atoms with Crippen LogP contribution in [0.4, 0.5) is 24.9 Å². The second-order valence-corrected chi connectivity index (χ2v) is 4.03. The summed E-state index contributed by atoms with van der Waals surface area (Å²) in [4.78, 5) is 8.99. The van der Waals surface area contributed by atoms with Crippen molar-refractivity contribution in [3.63, 3.8) is 0 Å². The largest absolute Gasteiger partial charge is 0.433 e. The first-order valence-corrected chi connectivity index (χ1v) is 5.76. The number of anilines is 2. The highest BCUT2D eigenvalue weighted by molar-refractivity contribution is 5.45. The monoisotopic (exact) mass is 277 g/mol. The lowest BCUT2D eigenvalue weighted by Crippen LogP contribution is -2.28. The fourth-order valence-electron chi connectivity index (χ4n) is 1.78. The van der Waals surface area contributed by atoms with E-state index in [1.807, 2.05) is 0 Å². The van der Waals surface area contributed by atoms with Gasteiger partial charge in [0.2, 0.25) is 5.95 Å². The Labute approximate surface area is 107 Å². The molecule has 0 unspecified atom stereocenters. The molecule has 1 aliphatic rings. The quantitative estimate of drug-likeness (QED) is 0.620. The number of ether oxygens (including phenoxy) is 1. The van der Waals surface area contributed by atoms with Crippen LogP contribution >= 0.6 is 0 Å². The molecule has 106 valence electrons. The Hall–Kier alpha value is -1.61. The van der Waals surface area contributed by atoms with E-state index < -0.39 is 11.9 Å². The van der Waals surface area contributed by atoms with Crippen molar-refractivity contribution in [3.05, 3.63) is 11.8 Å². The van der Waals surface area contributed by atoms with Crippen molar-refractivity contribution in [2.24, 2.45) is 5.84 Å². The SMILES string of the molecule is NNc1nc(N2CCCOCC2)cc(C(F)(F)F)n1. The van der Waals surface area contributed by atoms with Crippen molar-refractivity contribution in [1.82, 2.24) is 9.97 Å². The smallest absolute Gasteiger partial charge is 0.380 e. The molecule has 6 nitrogen and oxygen atoms in total. The number of aromatic nitrogens is 2. The van der Waals surface area contributed by atoms with E-state index in [1.165, 1.54) is 0 Å². The molecule has 1 fully saturated rings. The Morgan fingerprint density at radius 1 is 1.26 bits per heavy atom. The average molecular weight is 277 g/mol. The van der Waals surface area contributed by atoms with E-state index in [0.717, 1.165) is 12.5 Å². The lowest BCUT2D eigenvalue weighted by atomic mass is 10.3. The lowest BCUT2D eigenvalue weighted by molar-refractivity contribution is -0.141.